The number of aliphatic hydroxyl groups is 1. The minimum absolute atomic E-state index is 0.251. The van der Waals surface area contributed by atoms with Gasteiger partial charge in [0.05, 0.1) is 17.2 Å². The molecule has 2 aromatic carbocycles. The summed E-state index contributed by atoms with van der Waals surface area (Å²) in [5.74, 6) is -3.67. The fraction of sp³-hybridized carbons (Fsp3) is 0.167. The van der Waals surface area contributed by atoms with Gasteiger partial charge in [-0.2, -0.15) is 0 Å². The Kier molecular flexibility index (Phi) is 4.14. The zero-order chi connectivity index (χ0) is 17.3. The first-order valence-corrected chi connectivity index (χ1v) is 7.41. The maximum absolute atomic E-state index is 12.4. The van der Waals surface area contributed by atoms with Crippen LogP contribution in [0.15, 0.2) is 54.6 Å². The molecule has 0 saturated heterocycles. The number of carbonyl (C=O) groups is 3. The molecule has 0 saturated carbocycles. The lowest BCUT2D eigenvalue weighted by Gasteiger charge is -2.23. The van der Waals surface area contributed by atoms with E-state index in [-0.39, 0.29) is 11.1 Å². The van der Waals surface area contributed by atoms with Gasteiger partial charge in [-0.25, -0.2) is 0 Å². The number of nitrogens with zero attached hydrogens (tertiary/aromatic N) is 1. The minimum Gasteiger partial charge on any atom is -0.481 e. The second kappa shape index (κ2) is 6.25. The first kappa shape index (κ1) is 15.9. The van der Waals surface area contributed by atoms with E-state index in [1.807, 2.05) is 0 Å². The van der Waals surface area contributed by atoms with Gasteiger partial charge in [0.2, 0.25) is 0 Å². The topological polar surface area (TPSA) is 94.9 Å². The molecule has 122 valence electrons. The number of carbonyl (C=O) groups excluding carboxylic acids is 2. The molecule has 1 aliphatic heterocycles. The first-order chi connectivity index (χ1) is 11.5. The molecular weight excluding hydrogens is 310 g/mol. The number of aliphatic hydroxyl groups excluding tert-OH is 1. The van der Waals surface area contributed by atoms with Crippen molar-refractivity contribution in [3.63, 3.8) is 0 Å². The highest BCUT2D eigenvalue weighted by Crippen LogP contribution is 2.28. The van der Waals surface area contributed by atoms with E-state index < -0.39 is 36.4 Å². The number of aliphatic carboxylic acids is 1. The number of benzene rings is 2. The summed E-state index contributed by atoms with van der Waals surface area (Å²) in [6.45, 7) is -0.391. The molecule has 0 bridgehead atoms. The summed E-state index contributed by atoms with van der Waals surface area (Å²) in [6, 6.07) is 14.6. The summed E-state index contributed by atoms with van der Waals surface area (Å²) in [6.07, 6.45) is -1.33. The van der Waals surface area contributed by atoms with Crippen LogP contribution in [0.25, 0.3) is 0 Å². The van der Waals surface area contributed by atoms with Crippen molar-refractivity contribution in [2.45, 2.75) is 6.10 Å². The number of carboxylic acids is 1. The molecule has 1 heterocycles. The van der Waals surface area contributed by atoms with Crippen LogP contribution in [0.1, 0.15) is 32.4 Å². The molecule has 2 amide bonds. The van der Waals surface area contributed by atoms with Crippen molar-refractivity contribution in [3.05, 3.63) is 71.3 Å². The Hall–Kier alpha value is -2.99. The van der Waals surface area contributed by atoms with E-state index in [1.54, 1.807) is 42.5 Å². The van der Waals surface area contributed by atoms with Gasteiger partial charge in [-0.15, -0.1) is 0 Å². The van der Waals surface area contributed by atoms with Crippen molar-refractivity contribution in [2.24, 2.45) is 5.92 Å². The summed E-state index contributed by atoms with van der Waals surface area (Å²) < 4.78 is 0. The van der Waals surface area contributed by atoms with E-state index in [2.05, 4.69) is 0 Å². The third-order valence-electron chi connectivity index (χ3n) is 4.10. The second-order valence-corrected chi connectivity index (χ2v) is 5.57. The van der Waals surface area contributed by atoms with Crippen molar-refractivity contribution in [2.75, 3.05) is 6.54 Å². The third-order valence-corrected chi connectivity index (χ3v) is 4.10. The van der Waals surface area contributed by atoms with E-state index in [4.69, 9.17) is 0 Å². The van der Waals surface area contributed by atoms with Gasteiger partial charge in [0.1, 0.15) is 5.92 Å². The Labute approximate surface area is 138 Å². The van der Waals surface area contributed by atoms with Crippen molar-refractivity contribution >= 4 is 17.8 Å². The van der Waals surface area contributed by atoms with Gasteiger partial charge in [0, 0.05) is 6.54 Å². The van der Waals surface area contributed by atoms with Crippen LogP contribution < -0.4 is 0 Å². The fourth-order valence-electron chi connectivity index (χ4n) is 2.80. The van der Waals surface area contributed by atoms with Gasteiger partial charge in [0.25, 0.3) is 11.8 Å². The predicted octanol–water partition coefficient (Wildman–Crippen LogP) is 1.72. The Balaban J connectivity index is 1.87. The number of carboxylic acid groups (broad SMARTS) is 1. The molecule has 0 aliphatic carbocycles. The largest absolute Gasteiger partial charge is 0.481 e. The van der Waals surface area contributed by atoms with Crippen molar-refractivity contribution in [1.82, 2.24) is 4.90 Å². The van der Waals surface area contributed by atoms with Gasteiger partial charge < -0.3 is 10.2 Å². The van der Waals surface area contributed by atoms with Crippen LogP contribution in [-0.2, 0) is 4.79 Å². The number of hydrogen-bond donors (Lipinski definition) is 2. The van der Waals surface area contributed by atoms with Crippen LogP contribution in [0, 0.1) is 5.92 Å². The number of imide groups is 1. The molecule has 6 nitrogen and oxygen atoms in total. The normalized spacial score (nSPS) is 16.0. The zero-order valence-corrected chi connectivity index (χ0v) is 12.6. The van der Waals surface area contributed by atoms with Crippen LogP contribution in [0.4, 0.5) is 0 Å². The molecule has 0 spiro atoms. The highest BCUT2D eigenvalue weighted by Gasteiger charge is 2.40. The summed E-state index contributed by atoms with van der Waals surface area (Å²) in [4.78, 5) is 37.2. The zero-order valence-electron chi connectivity index (χ0n) is 12.6. The van der Waals surface area contributed by atoms with E-state index in [0.29, 0.717) is 5.56 Å². The molecule has 2 atom stereocenters. The van der Waals surface area contributed by atoms with Crippen LogP contribution in [-0.4, -0.2) is 39.4 Å². The Morgan fingerprint density at radius 3 is 1.92 bits per heavy atom. The van der Waals surface area contributed by atoms with E-state index in [1.165, 1.54) is 12.1 Å². The lowest BCUT2D eigenvalue weighted by atomic mass is 9.95. The minimum atomic E-state index is -1.33. The molecule has 0 aromatic heterocycles. The molecular formula is C18H15NO5. The molecule has 24 heavy (non-hydrogen) atoms. The average molecular weight is 325 g/mol. The van der Waals surface area contributed by atoms with Gasteiger partial charge in [-0.3, -0.25) is 19.3 Å². The van der Waals surface area contributed by atoms with Gasteiger partial charge >= 0.3 is 5.97 Å². The van der Waals surface area contributed by atoms with Crippen LogP contribution in [0.2, 0.25) is 0 Å². The van der Waals surface area contributed by atoms with Crippen LogP contribution in [0.3, 0.4) is 0 Å². The number of amides is 2. The molecule has 2 aromatic rings. The van der Waals surface area contributed by atoms with Crippen LogP contribution in [0.5, 0.6) is 0 Å². The Morgan fingerprint density at radius 1 is 0.917 bits per heavy atom. The van der Waals surface area contributed by atoms with Crippen LogP contribution >= 0.6 is 0 Å². The van der Waals surface area contributed by atoms with Crippen molar-refractivity contribution in [1.29, 1.82) is 0 Å². The SMILES string of the molecule is O=C(O)[C@H](CN1C(=O)c2ccccc2C1=O)[C@H](O)c1ccccc1. The summed E-state index contributed by atoms with van der Waals surface area (Å²) in [5, 5.41) is 19.8. The summed E-state index contributed by atoms with van der Waals surface area (Å²) >= 11 is 0. The molecule has 2 N–H and O–H groups in total. The summed E-state index contributed by atoms with van der Waals surface area (Å²) in [5.41, 5.74) is 0.920. The van der Waals surface area contributed by atoms with E-state index in [9.17, 15) is 24.6 Å². The number of rotatable bonds is 5. The highest BCUT2D eigenvalue weighted by atomic mass is 16.4. The third kappa shape index (κ3) is 2.68. The standard InChI is InChI=1S/C18H15NO5/c20-15(11-6-2-1-3-7-11)14(18(23)24)10-19-16(21)12-8-4-5-9-13(12)17(19)22/h1-9,14-15,20H,10H2,(H,23,24)/t14-,15-/m1/s1. The Morgan fingerprint density at radius 2 is 1.42 bits per heavy atom. The smallest absolute Gasteiger partial charge is 0.311 e. The van der Waals surface area contributed by atoms with Gasteiger partial charge in [0.15, 0.2) is 0 Å². The number of fused-ring (bicyclic) bond motifs is 1. The lowest BCUT2D eigenvalue weighted by Crippen LogP contribution is -2.39. The monoisotopic (exact) mass is 325 g/mol. The van der Waals surface area contributed by atoms with E-state index >= 15 is 0 Å². The molecule has 0 fully saturated rings. The molecule has 1 aliphatic rings. The predicted molar refractivity (Wildman–Crippen MR) is 84.3 cm³/mol. The second-order valence-electron chi connectivity index (χ2n) is 5.57. The highest BCUT2D eigenvalue weighted by molar-refractivity contribution is 6.21. The fourth-order valence-corrected chi connectivity index (χ4v) is 2.80. The summed E-state index contributed by atoms with van der Waals surface area (Å²) in [7, 11) is 0. The van der Waals surface area contributed by atoms with Crippen molar-refractivity contribution in [3.8, 4) is 0 Å². The van der Waals surface area contributed by atoms with Gasteiger partial charge in [-0.05, 0) is 17.7 Å². The maximum atomic E-state index is 12.4. The molecule has 0 radical (unpaired) electrons. The molecule has 3 rings (SSSR count). The van der Waals surface area contributed by atoms with Crippen molar-refractivity contribution < 1.29 is 24.6 Å². The average Bonchev–Trinajstić information content (AvgIpc) is 2.84. The quantitative estimate of drug-likeness (QED) is 0.816. The first-order valence-electron chi connectivity index (χ1n) is 7.41. The molecule has 6 heteroatoms. The van der Waals surface area contributed by atoms with Gasteiger partial charge in [-0.1, -0.05) is 42.5 Å². The number of hydrogen-bond acceptors (Lipinski definition) is 4. The maximum Gasteiger partial charge on any atom is 0.311 e. The lowest BCUT2D eigenvalue weighted by molar-refractivity contribution is -0.146. The van der Waals surface area contributed by atoms with E-state index in [0.717, 1.165) is 4.90 Å². The Bertz CT molecular complexity index is 767. The molecule has 0 unspecified atom stereocenters.